The Bertz CT molecular complexity index is 473. The zero-order valence-corrected chi connectivity index (χ0v) is 25.4. The molecule has 0 aliphatic carbocycles. The molecule has 4 nitrogen and oxygen atoms in total. The predicted octanol–water partition coefficient (Wildman–Crippen LogP) is 5.94. The molecule has 0 spiro atoms. The van der Waals surface area contributed by atoms with E-state index in [0.717, 1.165) is 6.23 Å². The Kier molecular flexibility index (Phi) is 10.1. The molecule has 7 heteroatoms. The van der Waals surface area contributed by atoms with Gasteiger partial charge in [-0.25, -0.2) is 0 Å². The second-order valence-electron chi connectivity index (χ2n) is 13.2. The first-order valence-electron chi connectivity index (χ1n) is 11.2. The largest absolute Gasteiger partial charge is 0.415 e. The van der Waals surface area contributed by atoms with Crippen molar-refractivity contribution in [1.29, 1.82) is 0 Å². The molecule has 0 bridgehead atoms. The molecule has 0 saturated carbocycles. The van der Waals surface area contributed by atoms with Gasteiger partial charge in [-0.1, -0.05) is 68.9 Å². The molecule has 0 fully saturated rings. The molecule has 1 atom stereocenters. The predicted molar refractivity (Wildman–Crippen MR) is 137 cm³/mol. The van der Waals surface area contributed by atoms with Crippen LogP contribution < -0.4 is 5.73 Å². The van der Waals surface area contributed by atoms with E-state index in [0.29, 0.717) is 24.9 Å². The molecule has 0 heterocycles. The summed E-state index contributed by atoms with van der Waals surface area (Å²) in [7, 11) is -4.76. The topological polar surface area (TPSA) is 53.7 Å². The van der Waals surface area contributed by atoms with E-state index in [4.69, 9.17) is 19.3 Å². The fourth-order valence-electron chi connectivity index (χ4n) is 1.90. The zero-order valence-electron chi connectivity index (χ0n) is 22.2. The Balaban J connectivity index is 5.26. The summed E-state index contributed by atoms with van der Waals surface area (Å²) < 4.78 is 19.2. The second-order valence-corrected chi connectivity index (χ2v) is 26.7. The molecule has 29 heavy (non-hydrogen) atoms. The molecule has 0 aromatic carbocycles. The highest BCUT2D eigenvalue weighted by atomic mass is 28.4. The van der Waals surface area contributed by atoms with Crippen LogP contribution in [0.15, 0.2) is 0 Å². The summed E-state index contributed by atoms with van der Waals surface area (Å²) >= 11 is 0. The van der Waals surface area contributed by atoms with Gasteiger partial charge in [0.15, 0.2) is 16.6 Å². The Morgan fingerprint density at radius 3 is 1.31 bits per heavy atom. The molecule has 1 unspecified atom stereocenters. The highest BCUT2D eigenvalue weighted by Gasteiger charge is 2.42. The number of ether oxygens (including phenoxy) is 1. The third-order valence-electron chi connectivity index (χ3n) is 7.29. The summed E-state index contributed by atoms with van der Waals surface area (Å²) in [5, 5.41) is 0.665. The molecular formula is C22H53NO3Si3. The maximum absolute atomic E-state index is 6.88. The minimum absolute atomic E-state index is 0.155. The Hall–Kier alpha value is 0.491. The third kappa shape index (κ3) is 9.66. The van der Waals surface area contributed by atoms with Gasteiger partial charge in [-0.2, -0.15) is 0 Å². The van der Waals surface area contributed by atoms with Crippen molar-refractivity contribution in [2.45, 2.75) is 116 Å². The molecule has 0 aliphatic rings. The zero-order chi connectivity index (χ0) is 23.5. The van der Waals surface area contributed by atoms with E-state index in [9.17, 15) is 0 Å². The summed E-state index contributed by atoms with van der Waals surface area (Å²) in [5.41, 5.74) is 6.27. The van der Waals surface area contributed by atoms with Crippen LogP contribution in [0.1, 0.15) is 62.3 Å². The molecule has 0 aliphatic heterocycles. The molecule has 0 saturated heterocycles. The van der Waals surface area contributed by atoms with Gasteiger partial charge in [-0.15, -0.1) is 0 Å². The lowest BCUT2D eigenvalue weighted by Gasteiger charge is -2.42. The molecule has 0 rings (SSSR count). The van der Waals surface area contributed by atoms with Gasteiger partial charge >= 0.3 is 0 Å². The van der Waals surface area contributed by atoms with Crippen LogP contribution >= 0.6 is 0 Å². The van der Waals surface area contributed by atoms with Crippen molar-refractivity contribution in [3.63, 3.8) is 0 Å². The normalized spacial score (nSPS) is 16.2. The number of hydrogen-bond acceptors (Lipinski definition) is 4. The molecule has 2 N–H and O–H groups in total. The summed E-state index contributed by atoms with van der Waals surface area (Å²) in [5.74, 6) is 0. The molecule has 0 radical (unpaired) electrons. The first-order valence-corrected chi connectivity index (χ1v) is 19.6. The Labute approximate surface area is 186 Å². The number of nitrogens with two attached hydrogens (primary N) is 1. The monoisotopic (exact) mass is 463 g/mol. The van der Waals surface area contributed by atoms with Crippen LogP contribution in [-0.4, -0.2) is 57.0 Å². The van der Waals surface area contributed by atoms with Crippen LogP contribution in [0.5, 0.6) is 0 Å². The van der Waals surface area contributed by atoms with Crippen LogP contribution in [-0.2, 0) is 13.6 Å². The highest BCUT2D eigenvalue weighted by molar-refractivity contribution is 6.74. The van der Waals surface area contributed by atoms with E-state index < -0.39 is 31.0 Å². The van der Waals surface area contributed by atoms with Gasteiger partial charge in [0.2, 0.25) is 0 Å². The van der Waals surface area contributed by atoms with Crippen molar-refractivity contribution in [3.8, 4) is 0 Å². The first kappa shape index (κ1) is 29.5. The smallest absolute Gasteiger partial charge is 0.192 e. The lowest BCUT2D eigenvalue weighted by Crippen LogP contribution is -2.58. The minimum atomic E-state index is -1.89. The van der Waals surface area contributed by atoms with Gasteiger partial charge in [0.1, 0.15) is 0 Å². The minimum Gasteiger partial charge on any atom is -0.415 e. The van der Waals surface area contributed by atoms with E-state index in [1.54, 1.807) is 0 Å². The van der Waals surface area contributed by atoms with Crippen LogP contribution in [0.2, 0.25) is 47.8 Å². The fourth-order valence-corrected chi connectivity index (χ4v) is 5.03. The van der Waals surface area contributed by atoms with Crippen molar-refractivity contribution in [1.82, 2.24) is 0 Å². The van der Waals surface area contributed by atoms with Crippen molar-refractivity contribution in [2.24, 2.45) is 5.73 Å². The third-order valence-corrected chi connectivity index (χ3v) is 19.9. The molecule has 0 aromatic heterocycles. The average molecular weight is 464 g/mol. The van der Waals surface area contributed by atoms with Gasteiger partial charge in [0.05, 0.1) is 34.2 Å². The molecule has 176 valence electrons. The number of rotatable bonds is 10. The van der Waals surface area contributed by atoms with Gasteiger partial charge in [0, 0.05) is 6.23 Å². The summed E-state index contributed by atoms with van der Waals surface area (Å²) in [6.07, 6.45) is 0.836. The van der Waals surface area contributed by atoms with E-state index in [1.165, 1.54) is 0 Å². The quantitative estimate of drug-likeness (QED) is 0.407. The van der Waals surface area contributed by atoms with Crippen molar-refractivity contribution in [3.05, 3.63) is 0 Å². The molecular weight excluding hydrogens is 411 g/mol. The second kappa shape index (κ2) is 9.96. The van der Waals surface area contributed by atoms with Crippen molar-refractivity contribution < 1.29 is 13.6 Å². The van der Waals surface area contributed by atoms with Crippen LogP contribution in [0.25, 0.3) is 0 Å². The van der Waals surface area contributed by atoms with Gasteiger partial charge in [0.25, 0.3) is 0 Å². The summed E-state index contributed by atoms with van der Waals surface area (Å²) in [6, 6.07) is 0. The van der Waals surface area contributed by atoms with Gasteiger partial charge in [-0.05, 0) is 41.3 Å². The van der Waals surface area contributed by atoms with Crippen LogP contribution in [0, 0.1) is 0 Å². The Morgan fingerprint density at radius 2 is 1.03 bits per heavy atom. The SMILES string of the molecule is C[SiH](COCC(N)(CO[Si](C)(C)C(C)(C)C)CO[Si](C)(C)C(C)(C)C)C(C)(C)C. The van der Waals surface area contributed by atoms with Crippen LogP contribution in [0.4, 0.5) is 0 Å². The fraction of sp³-hybridized carbons (Fsp3) is 1.00. The van der Waals surface area contributed by atoms with Gasteiger partial charge < -0.3 is 19.3 Å². The summed E-state index contributed by atoms with van der Waals surface area (Å²) in [4.78, 5) is 0. The molecule has 0 aromatic rings. The summed E-state index contributed by atoms with van der Waals surface area (Å²) in [6.45, 7) is 33.4. The van der Waals surface area contributed by atoms with E-state index in [1.807, 2.05) is 0 Å². The van der Waals surface area contributed by atoms with Gasteiger partial charge in [-0.3, -0.25) is 0 Å². The average Bonchev–Trinajstić information content (AvgIpc) is 2.48. The maximum Gasteiger partial charge on any atom is 0.192 e. The van der Waals surface area contributed by atoms with Crippen molar-refractivity contribution >= 4 is 25.4 Å². The maximum atomic E-state index is 6.88. The standard InChI is InChI=1S/C22H53NO3Si3/c1-19(2,3)27(10)18-24-15-22(23,16-25-28(11,12)20(4,5)6)17-26-29(13,14)21(7,8)9/h27H,15-18,23H2,1-14H3. The number of hydrogen-bond donors (Lipinski definition) is 1. The Morgan fingerprint density at radius 1 is 0.690 bits per heavy atom. The van der Waals surface area contributed by atoms with Crippen molar-refractivity contribution in [2.75, 3.05) is 26.1 Å². The van der Waals surface area contributed by atoms with E-state index in [2.05, 4.69) is 95.0 Å². The lowest BCUT2D eigenvalue weighted by molar-refractivity contribution is 0.0452. The lowest BCUT2D eigenvalue weighted by atomic mass is 10.1. The molecule has 0 amide bonds. The van der Waals surface area contributed by atoms with E-state index >= 15 is 0 Å². The van der Waals surface area contributed by atoms with Crippen LogP contribution in [0.3, 0.4) is 0 Å². The highest BCUT2D eigenvalue weighted by Crippen LogP contribution is 2.38. The van der Waals surface area contributed by atoms with E-state index in [-0.39, 0.29) is 10.1 Å². The first-order chi connectivity index (χ1) is 12.5.